The highest BCUT2D eigenvalue weighted by Gasteiger charge is 2.59. The van der Waals surface area contributed by atoms with Gasteiger partial charge in [0.2, 0.25) is 0 Å². The Kier molecular flexibility index (Phi) is 11.9. The number of pyridine rings is 1. The summed E-state index contributed by atoms with van der Waals surface area (Å²) in [6.45, 7) is 6.75. The van der Waals surface area contributed by atoms with Crippen molar-refractivity contribution in [2.45, 2.75) is 69.2 Å². The van der Waals surface area contributed by atoms with E-state index in [1.165, 1.54) is 20.3 Å². The molecule has 14 nitrogen and oxygen atoms in total. The summed E-state index contributed by atoms with van der Waals surface area (Å²) in [6, 6.07) is 13.2. The number of aromatic nitrogens is 5. The second-order valence-corrected chi connectivity index (χ2v) is 18.5. The minimum absolute atomic E-state index is 0.0320. The zero-order valence-corrected chi connectivity index (χ0v) is 38.5. The Morgan fingerprint density at radius 1 is 0.815 bits per heavy atom. The maximum Gasteiger partial charge on any atom is 0.337 e. The second kappa shape index (κ2) is 17.5. The summed E-state index contributed by atoms with van der Waals surface area (Å²) >= 11 is 24.8. The summed E-state index contributed by atoms with van der Waals surface area (Å²) in [6.07, 6.45) is 3.75. The van der Waals surface area contributed by atoms with Crippen molar-refractivity contribution >= 4 is 80.4 Å². The second-order valence-electron chi connectivity index (χ2n) is 17.0. The minimum Gasteiger partial charge on any atom is -0.465 e. The molecule has 1 aliphatic carbocycles. The maximum atomic E-state index is 15.4. The lowest BCUT2D eigenvalue weighted by atomic mass is 10.0. The van der Waals surface area contributed by atoms with E-state index in [1.54, 1.807) is 55.6 Å². The molecule has 0 radical (unpaired) electrons. The van der Waals surface area contributed by atoms with Crippen molar-refractivity contribution in [2.75, 3.05) is 40.5 Å². The van der Waals surface area contributed by atoms with Gasteiger partial charge in [-0.15, -0.1) is 11.6 Å². The van der Waals surface area contributed by atoms with Crippen LogP contribution in [0.1, 0.15) is 69.3 Å². The number of imidazole rings is 2. The van der Waals surface area contributed by atoms with Crippen LogP contribution in [0.2, 0.25) is 15.1 Å². The molecule has 340 valence electrons. The van der Waals surface area contributed by atoms with Gasteiger partial charge < -0.3 is 37.6 Å². The highest BCUT2D eigenvalue weighted by molar-refractivity contribution is 6.36. The average Bonchev–Trinajstić information content (AvgIpc) is 3.69. The molecule has 6 atom stereocenters. The molecule has 4 fully saturated rings. The standard InChI is InChI=1S/C32H29Cl2FN4O5.C14H14Cl2N2O3/c1-32(25-6-3-17(33)11-36-25)43-24-5-4-22(35)28(30(24)44-32)27-19-13-38(14-20(19)27)15-26-37-29-21(34)9-16(31(40)41-2)10-23(29)39(26)12-18-7-8-42-18;1-20-14(19)8-4-10(16)13-11(5-8)18(12(6-15)17-13)7-9-2-3-21-9/h3-6,9-11,18-20,27H,7-8,12-15H2,1-2H3;4-5,9H,2-3,6-7H2,1H3/t18-,19-,20+,27?,32?;9-/m00/s1. The van der Waals surface area contributed by atoms with Gasteiger partial charge in [-0.05, 0) is 79.1 Å². The SMILES string of the molecule is COC(=O)c1cc(Cl)c2nc(CCl)n(C[C@@H]3CCO3)c2c1.COC(=O)c1cc(Cl)c2nc(CN3C[C@@H]4C(c5c(F)ccc6c5OC(C)(c5ccc(Cl)cn5)O6)[C@@H]4C3)n(C[C@@H]3CCO3)c2c1. The average molecular weight is 969 g/mol. The van der Waals surface area contributed by atoms with Gasteiger partial charge in [-0.2, -0.15) is 0 Å². The normalized spacial score (nSPS) is 24.0. The van der Waals surface area contributed by atoms with Gasteiger partial charge >= 0.3 is 11.9 Å². The number of fused-ring (bicyclic) bond motifs is 4. The summed E-state index contributed by atoms with van der Waals surface area (Å²) in [7, 11) is 2.69. The van der Waals surface area contributed by atoms with E-state index < -0.39 is 17.7 Å². The summed E-state index contributed by atoms with van der Waals surface area (Å²) in [5.74, 6) is 1.05. The lowest BCUT2D eigenvalue weighted by Crippen LogP contribution is -2.33. The molecule has 3 aromatic heterocycles. The third-order valence-electron chi connectivity index (χ3n) is 13.0. The Bertz CT molecular complexity index is 2840. The Labute approximate surface area is 392 Å². The monoisotopic (exact) mass is 966 g/mol. The van der Waals surface area contributed by atoms with Gasteiger partial charge in [-0.3, -0.25) is 9.88 Å². The lowest BCUT2D eigenvalue weighted by molar-refractivity contribution is -0.0721. The third kappa shape index (κ3) is 8.17. The van der Waals surface area contributed by atoms with Crippen LogP contribution in [0.5, 0.6) is 11.5 Å². The first-order chi connectivity index (χ1) is 31.4. The number of esters is 2. The first-order valence-corrected chi connectivity index (χ1v) is 22.9. The fraction of sp³-hybridized carbons (Fsp3) is 0.413. The third-order valence-corrected chi connectivity index (χ3v) is 14.0. The number of methoxy groups -OCH3 is 2. The minimum atomic E-state index is -1.18. The maximum absolute atomic E-state index is 15.4. The fourth-order valence-corrected chi connectivity index (χ4v) is 10.3. The van der Waals surface area contributed by atoms with E-state index in [4.69, 9.17) is 79.8 Å². The number of ether oxygens (including phenoxy) is 6. The van der Waals surface area contributed by atoms with Crippen molar-refractivity contribution in [3.8, 4) is 11.5 Å². The van der Waals surface area contributed by atoms with Crippen molar-refractivity contribution < 1.29 is 42.4 Å². The van der Waals surface area contributed by atoms with E-state index in [0.717, 1.165) is 56.0 Å². The molecule has 1 saturated carbocycles. The fourth-order valence-electron chi connectivity index (χ4n) is 9.42. The largest absolute Gasteiger partial charge is 0.465 e. The van der Waals surface area contributed by atoms with E-state index in [0.29, 0.717) is 85.4 Å². The zero-order valence-electron chi connectivity index (χ0n) is 35.5. The molecular formula is C46H43Cl4FN6O8. The zero-order chi connectivity index (χ0) is 45.3. The van der Waals surface area contributed by atoms with Crippen LogP contribution in [0.3, 0.4) is 0 Å². The van der Waals surface area contributed by atoms with E-state index in [1.807, 2.05) is 4.57 Å². The number of benzene rings is 3. The molecule has 6 aromatic rings. The van der Waals surface area contributed by atoms with Crippen LogP contribution in [0.25, 0.3) is 22.1 Å². The summed E-state index contributed by atoms with van der Waals surface area (Å²) in [4.78, 5) is 40.1. The van der Waals surface area contributed by atoms with Crippen LogP contribution in [-0.2, 0) is 50.2 Å². The predicted octanol–water partition coefficient (Wildman–Crippen LogP) is 8.95. The Hall–Kier alpha value is -4.74. The van der Waals surface area contributed by atoms with Gasteiger partial charge in [0.05, 0.1) is 89.2 Å². The quantitative estimate of drug-likeness (QED) is 0.0904. The topological polar surface area (TPSA) is 141 Å². The summed E-state index contributed by atoms with van der Waals surface area (Å²) in [5.41, 5.74) is 4.74. The van der Waals surface area contributed by atoms with Crippen LogP contribution in [0.15, 0.2) is 54.7 Å². The highest BCUT2D eigenvalue weighted by Crippen LogP contribution is 2.63. The molecular weight excluding hydrogens is 925 g/mol. The Morgan fingerprint density at radius 3 is 1.89 bits per heavy atom. The molecule has 7 heterocycles. The van der Waals surface area contributed by atoms with Gasteiger partial charge in [-0.25, -0.2) is 23.9 Å². The van der Waals surface area contributed by atoms with Crippen molar-refractivity contribution in [1.82, 2.24) is 29.0 Å². The number of hydrogen-bond acceptors (Lipinski definition) is 12. The molecule has 3 aromatic carbocycles. The molecule has 4 aliphatic heterocycles. The van der Waals surface area contributed by atoms with E-state index >= 15 is 4.39 Å². The van der Waals surface area contributed by atoms with Gasteiger partial charge in [0.25, 0.3) is 5.79 Å². The number of carbonyl (C=O) groups is 2. The molecule has 19 heteroatoms. The molecule has 0 bridgehead atoms. The predicted molar refractivity (Wildman–Crippen MR) is 240 cm³/mol. The molecule has 0 spiro atoms. The number of alkyl halides is 1. The lowest BCUT2D eigenvalue weighted by Gasteiger charge is -2.28. The molecule has 2 unspecified atom stereocenters. The molecule has 65 heavy (non-hydrogen) atoms. The Balaban J connectivity index is 0.000000199. The van der Waals surface area contributed by atoms with Gasteiger partial charge in [0.1, 0.15) is 34.2 Å². The number of piperidine rings is 1. The first kappa shape index (κ1) is 44.1. The van der Waals surface area contributed by atoms with Crippen LogP contribution in [-0.4, -0.2) is 93.7 Å². The van der Waals surface area contributed by atoms with E-state index in [9.17, 15) is 9.59 Å². The number of likely N-dealkylation sites (tertiary alicyclic amines) is 1. The number of hydrogen-bond donors (Lipinski definition) is 0. The molecule has 5 aliphatic rings. The number of nitrogens with zero attached hydrogens (tertiary/aromatic N) is 6. The molecule has 0 amide bonds. The van der Waals surface area contributed by atoms with Crippen molar-refractivity contribution in [2.24, 2.45) is 11.8 Å². The van der Waals surface area contributed by atoms with Gasteiger partial charge in [0.15, 0.2) is 11.5 Å². The van der Waals surface area contributed by atoms with E-state index in [2.05, 4.69) is 19.4 Å². The van der Waals surface area contributed by atoms with Crippen LogP contribution in [0, 0.1) is 17.7 Å². The van der Waals surface area contributed by atoms with E-state index in [-0.39, 0.29) is 41.7 Å². The number of rotatable bonds is 11. The molecule has 11 rings (SSSR count). The van der Waals surface area contributed by atoms with Gasteiger partial charge in [-0.1, -0.05) is 34.8 Å². The van der Waals surface area contributed by atoms with Crippen molar-refractivity contribution in [3.05, 3.63) is 110 Å². The van der Waals surface area contributed by atoms with Crippen LogP contribution in [0.4, 0.5) is 4.39 Å². The highest BCUT2D eigenvalue weighted by atomic mass is 35.5. The van der Waals surface area contributed by atoms with Crippen LogP contribution < -0.4 is 9.47 Å². The molecule has 0 N–H and O–H groups in total. The first-order valence-electron chi connectivity index (χ1n) is 21.2. The number of halogens is 5. The van der Waals surface area contributed by atoms with Gasteiger partial charge in [0, 0.05) is 45.0 Å². The Morgan fingerprint density at radius 2 is 1.38 bits per heavy atom. The van der Waals surface area contributed by atoms with Crippen molar-refractivity contribution in [1.29, 1.82) is 0 Å². The van der Waals surface area contributed by atoms with Crippen molar-refractivity contribution in [3.63, 3.8) is 0 Å². The number of carbonyl (C=O) groups excluding carboxylic acids is 2. The molecule has 3 saturated heterocycles. The summed E-state index contributed by atoms with van der Waals surface area (Å²) < 4.78 is 52.9. The van der Waals surface area contributed by atoms with Crippen LogP contribution >= 0.6 is 46.4 Å². The smallest absolute Gasteiger partial charge is 0.337 e. The summed E-state index contributed by atoms with van der Waals surface area (Å²) in [5, 5.41) is 1.32.